The molecule has 0 radical (unpaired) electrons. The minimum atomic E-state index is -0.566. The van der Waals surface area contributed by atoms with Gasteiger partial charge in [-0.25, -0.2) is 4.98 Å². The second-order valence-corrected chi connectivity index (χ2v) is 14.5. The van der Waals surface area contributed by atoms with Crippen LogP contribution >= 0.6 is 0 Å². The summed E-state index contributed by atoms with van der Waals surface area (Å²) in [5.41, 5.74) is 16.0. The maximum Gasteiger partial charge on any atom is 0.145 e. The molecule has 8 aromatic carbocycles. The molecule has 11 rings (SSSR count). The molecule has 2 heterocycles. The van der Waals surface area contributed by atoms with Crippen LogP contribution in [0.4, 0.5) is 0 Å². The van der Waals surface area contributed by atoms with Crippen molar-refractivity contribution in [2.24, 2.45) is 0 Å². The van der Waals surface area contributed by atoms with Crippen molar-refractivity contribution in [3.05, 3.63) is 235 Å². The number of aromatic nitrogens is 3. The zero-order valence-corrected chi connectivity index (χ0v) is 30.5. The average Bonchev–Trinajstić information content (AvgIpc) is 3.82. The molecule has 1 aliphatic carbocycles. The molecule has 0 N–H and O–H groups in total. The number of pyridine rings is 1. The van der Waals surface area contributed by atoms with Crippen molar-refractivity contribution in [3.8, 4) is 50.5 Å². The lowest BCUT2D eigenvalue weighted by Gasteiger charge is -2.35. The molecular weight excluding hydrogens is 679 g/mol. The largest absolute Gasteiger partial charge is 0.292 e. The molecule has 0 spiro atoms. The summed E-state index contributed by atoms with van der Waals surface area (Å²) < 4.78 is 2.28. The minimum Gasteiger partial charge on any atom is -0.292 e. The van der Waals surface area contributed by atoms with Gasteiger partial charge in [0.2, 0.25) is 0 Å². The smallest absolute Gasteiger partial charge is 0.145 e. The Morgan fingerprint density at radius 2 is 1.09 bits per heavy atom. The van der Waals surface area contributed by atoms with E-state index in [0.29, 0.717) is 0 Å². The Morgan fingerprint density at radius 3 is 1.86 bits per heavy atom. The first-order valence-electron chi connectivity index (χ1n) is 19.2. The Kier molecular flexibility index (Phi) is 7.39. The van der Waals surface area contributed by atoms with Crippen LogP contribution in [0.5, 0.6) is 0 Å². The lowest BCUT2D eigenvalue weighted by Crippen LogP contribution is -2.29. The Morgan fingerprint density at radius 1 is 0.446 bits per heavy atom. The van der Waals surface area contributed by atoms with Crippen LogP contribution in [0.1, 0.15) is 22.3 Å². The van der Waals surface area contributed by atoms with E-state index in [0.717, 1.165) is 39.1 Å². The van der Waals surface area contributed by atoms with Crippen LogP contribution in [-0.2, 0) is 5.41 Å². The first-order chi connectivity index (χ1) is 27.8. The second kappa shape index (κ2) is 12.9. The summed E-state index contributed by atoms with van der Waals surface area (Å²) in [5.74, 6) is 0.930. The lowest BCUT2D eigenvalue weighted by molar-refractivity contribution is 0.770. The fraction of sp³-hybridized carbons (Fsp3) is 0.0189. The van der Waals surface area contributed by atoms with Gasteiger partial charge >= 0.3 is 0 Å². The van der Waals surface area contributed by atoms with Crippen molar-refractivity contribution in [2.75, 3.05) is 0 Å². The third-order valence-corrected chi connectivity index (χ3v) is 11.6. The lowest BCUT2D eigenvalue weighted by atomic mass is 9.66. The molecule has 3 nitrogen and oxygen atoms in total. The predicted octanol–water partition coefficient (Wildman–Crippen LogP) is 12.9. The molecule has 1 aliphatic rings. The first-order valence-corrected chi connectivity index (χ1v) is 19.2. The molecule has 2 aromatic heterocycles. The van der Waals surface area contributed by atoms with E-state index in [4.69, 9.17) is 4.98 Å². The molecule has 0 bridgehead atoms. The first kappa shape index (κ1) is 32.1. The van der Waals surface area contributed by atoms with Gasteiger partial charge in [-0.05, 0) is 97.4 Å². The van der Waals surface area contributed by atoms with Crippen molar-refractivity contribution in [1.82, 2.24) is 14.5 Å². The summed E-state index contributed by atoms with van der Waals surface area (Å²) in [5, 5.41) is 2.31. The number of fused-ring (bicyclic) bond motifs is 5. The maximum absolute atomic E-state index is 5.10. The van der Waals surface area contributed by atoms with Crippen LogP contribution in [0, 0.1) is 0 Å². The molecule has 0 atom stereocenters. The van der Waals surface area contributed by atoms with Crippen molar-refractivity contribution in [1.29, 1.82) is 0 Å². The Labute approximate surface area is 325 Å². The van der Waals surface area contributed by atoms with Gasteiger partial charge in [-0.2, -0.15) is 0 Å². The van der Waals surface area contributed by atoms with Gasteiger partial charge in [-0.1, -0.05) is 164 Å². The van der Waals surface area contributed by atoms with Gasteiger partial charge in [0.1, 0.15) is 5.82 Å². The quantitative estimate of drug-likeness (QED) is 0.172. The molecule has 0 fully saturated rings. The van der Waals surface area contributed by atoms with Crippen LogP contribution < -0.4 is 0 Å². The summed E-state index contributed by atoms with van der Waals surface area (Å²) in [4.78, 5) is 9.59. The highest BCUT2D eigenvalue weighted by Crippen LogP contribution is 2.60. The molecule has 0 amide bonds. The standard InChI is InChI=1S/C53H35N3/c1-4-14-38(15-5-1)52-55-48-22-12-13-23-49(48)56(52)43-28-26-37(27-29-43)44-30-31-45(39-25-24-36-32-33-54-35-40(36)34-39)51-50(44)46-20-10-11-21-47(46)53(51,41-16-6-2-7-17-41)42-18-8-3-9-19-42/h1-35H. The van der Waals surface area contributed by atoms with Crippen LogP contribution in [0.25, 0.3) is 72.3 Å². The molecule has 56 heavy (non-hydrogen) atoms. The molecule has 10 aromatic rings. The van der Waals surface area contributed by atoms with Crippen molar-refractivity contribution in [2.45, 2.75) is 5.41 Å². The molecule has 3 heteroatoms. The number of hydrogen-bond donors (Lipinski definition) is 0. The van der Waals surface area contributed by atoms with Crippen molar-refractivity contribution in [3.63, 3.8) is 0 Å². The number of hydrogen-bond acceptors (Lipinski definition) is 2. The van der Waals surface area contributed by atoms with Crippen LogP contribution in [0.15, 0.2) is 213 Å². The number of benzene rings is 8. The van der Waals surface area contributed by atoms with Gasteiger partial charge in [0.05, 0.1) is 16.4 Å². The third-order valence-electron chi connectivity index (χ3n) is 11.6. The summed E-state index contributed by atoms with van der Waals surface area (Å²) in [6.07, 6.45) is 3.84. The van der Waals surface area contributed by atoms with E-state index in [2.05, 4.69) is 210 Å². The van der Waals surface area contributed by atoms with E-state index in [1.165, 1.54) is 55.5 Å². The third kappa shape index (κ3) is 4.84. The van der Waals surface area contributed by atoms with Gasteiger partial charge in [0.15, 0.2) is 0 Å². The Bertz CT molecular complexity index is 3020. The van der Waals surface area contributed by atoms with Crippen LogP contribution in [-0.4, -0.2) is 14.5 Å². The van der Waals surface area contributed by atoms with E-state index < -0.39 is 5.41 Å². The summed E-state index contributed by atoms with van der Waals surface area (Å²) in [6.45, 7) is 0. The molecule has 0 aliphatic heterocycles. The van der Waals surface area contributed by atoms with E-state index in [1.807, 2.05) is 12.4 Å². The Balaban J connectivity index is 1.19. The molecule has 262 valence electrons. The van der Waals surface area contributed by atoms with Gasteiger partial charge in [-0.3, -0.25) is 9.55 Å². The van der Waals surface area contributed by atoms with E-state index in [1.54, 1.807) is 0 Å². The fourth-order valence-electron chi connectivity index (χ4n) is 9.17. The number of rotatable bonds is 6. The Hall–Kier alpha value is -7.36. The van der Waals surface area contributed by atoms with Gasteiger partial charge in [0.25, 0.3) is 0 Å². The number of para-hydroxylation sites is 2. The highest BCUT2D eigenvalue weighted by Gasteiger charge is 2.48. The van der Waals surface area contributed by atoms with Crippen LogP contribution in [0.2, 0.25) is 0 Å². The topological polar surface area (TPSA) is 30.7 Å². The number of imidazole rings is 1. The maximum atomic E-state index is 5.10. The SMILES string of the molecule is c1ccc(-c2nc3ccccc3n2-c2ccc(-c3ccc(-c4ccc5ccncc5c4)c4c3-c3ccccc3C4(c3ccccc3)c3ccccc3)cc2)cc1. The van der Waals surface area contributed by atoms with Crippen LogP contribution in [0.3, 0.4) is 0 Å². The number of nitrogens with zero attached hydrogens (tertiary/aromatic N) is 3. The normalized spacial score (nSPS) is 12.8. The molecule has 0 saturated heterocycles. The van der Waals surface area contributed by atoms with E-state index in [-0.39, 0.29) is 0 Å². The van der Waals surface area contributed by atoms with Gasteiger partial charge in [-0.15, -0.1) is 0 Å². The van der Waals surface area contributed by atoms with Crippen molar-refractivity contribution < 1.29 is 0 Å². The predicted molar refractivity (Wildman–Crippen MR) is 230 cm³/mol. The van der Waals surface area contributed by atoms with E-state index >= 15 is 0 Å². The second-order valence-electron chi connectivity index (χ2n) is 14.5. The molecule has 0 unspecified atom stereocenters. The van der Waals surface area contributed by atoms with Crippen molar-refractivity contribution >= 4 is 21.8 Å². The highest BCUT2D eigenvalue weighted by molar-refractivity contribution is 6.01. The molecule has 0 saturated carbocycles. The zero-order chi connectivity index (χ0) is 37.1. The highest BCUT2D eigenvalue weighted by atomic mass is 15.1. The summed E-state index contributed by atoms with van der Waals surface area (Å²) in [7, 11) is 0. The zero-order valence-electron chi connectivity index (χ0n) is 30.5. The monoisotopic (exact) mass is 713 g/mol. The minimum absolute atomic E-state index is 0.566. The summed E-state index contributed by atoms with van der Waals surface area (Å²) in [6, 6.07) is 72.6. The summed E-state index contributed by atoms with van der Waals surface area (Å²) >= 11 is 0. The van der Waals surface area contributed by atoms with Gasteiger partial charge in [0, 0.05) is 29.0 Å². The van der Waals surface area contributed by atoms with Gasteiger partial charge < -0.3 is 0 Å². The fourth-order valence-corrected chi connectivity index (χ4v) is 9.17. The average molecular weight is 714 g/mol. The molecular formula is C53H35N3. The van der Waals surface area contributed by atoms with E-state index in [9.17, 15) is 0 Å².